The normalized spacial score (nSPS) is 12.4. The molecular weight excluding hydrogens is 240 g/mol. The van der Waals surface area contributed by atoms with E-state index in [1.54, 1.807) is 0 Å². The van der Waals surface area contributed by atoms with Crippen molar-refractivity contribution >= 4 is 5.91 Å². The fourth-order valence-corrected chi connectivity index (χ4v) is 1.68. The molecule has 0 aromatic heterocycles. The monoisotopic (exact) mass is 264 g/mol. The van der Waals surface area contributed by atoms with Crippen molar-refractivity contribution in [2.45, 2.75) is 38.8 Å². The van der Waals surface area contributed by atoms with Crippen molar-refractivity contribution < 1.29 is 9.53 Å². The van der Waals surface area contributed by atoms with Gasteiger partial charge >= 0.3 is 0 Å². The molecule has 1 amide bonds. The van der Waals surface area contributed by atoms with Crippen LogP contribution < -0.4 is 11.1 Å². The second-order valence-corrected chi connectivity index (χ2v) is 4.81. The summed E-state index contributed by atoms with van der Waals surface area (Å²) in [4.78, 5) is 11.8. The molecule has 1 aromatic carbocycles. The van der Waals surface area contributed by atoms with Gasteiger partial charge in [0.05, 0.1) is 6.10 Å². The van der Waals surface area contributed by atoms with Crippen LogP contribution in [0.2, 0.25) is 0 Å². The molecule has 0 heterocycles. The first kappa shape index (κ1) is 15.7. The van der Waals surface area contributed by atoms with Gasteiger partial charge in [0.2, 0.25) is 5.91 Å². The van der Waals surface area contributed by atoms with Gasteiger partial charge in [-0.2, -0.15) is 0 Å². The van der Waals surface area contributed by atoms with Crippen LogP contribution in [0.25, 0.3) is 0 Å². The first-order valence-electron chi connectivity index (χ1n) is 6.81. The summed E-state index contributed by atoms with van der Waals surface area (Å²) in [5, 5.41) is 2.85. The Hall–Kier alpha value is -1.39. The topological polar surface area (TPSA) is 64.3 Å². The average Bonchev–Trinajstić information content (AvgIpc) is 2.42. The first-order chi connectivity index (χ1) is 9.11. The Morgan fingerprint density at radius 2 is 1.95 bits per heavy atom. The standard InChI is InChI=1S/C15H24N2O2/c1-12(2)19-11-7-6-10-17-15(18)14(16)13-8-4-3-5-9-13/h3-5,8-9,12,14H,6-7,10-11,16H2,1-2H3,(H,17,18)/t14-/m0/s1. The summed E-state index contributed by atoms with van der Waals surface area (Å²) in [6.07, 6.45) is 2.11. The van der Waals surface area contributed by atoms with Crippen LogP contribution in [0.3, 0.4) is 0 Å². The zero-order chi connectivity index (χ0) is 14.1. The summed E-state index contributed by atoms with van der Waals surface area (Å²) in [5.74, 6) is -0.129. The summed E-state index contributed by atoms with van der Waals surface area (Å²) in [5.41, 5.74) is 6.72. The van der Waals surface area contributed by atoms with Gasteiger partial charge in [-0.05, 0) is 32.3 Å². The summed E-state index contributed by atoms with van der Waals surface area (Å²) in [6, 6.07) is 8.80. The van der Waals surface area contributed by atoms with Gasteiger partial charge in [0.25, 0.3) is 0 Å². The zero-order valence-corrected chi connectivity index (χ0v) is 11.8. The number of nitrogens with one attached hydrogen (secondary N) is 1. The molecule has 0 radical (unpaired) electrons. The third-order valence-corrected chi connectivity index (χ3v) is 2.76. The van der Waals surface area contributed by atoms with Crippen molar-refractivity contribution in [3.63, 3.8) is 0 Å². The number of carbonyl (C=O) groups excluding carboxylic acids is 1. The van der Waals surface area contributed by atoms with Gasteiger partial charge in [-0.15, -0.1) is 0 Å². The van der Waals surface area contributed by atoms with Crippen LogP contribution in [-0.4, -0.2) is 25.2 Å². The summed E-state index contributed by atoms with van der Waals surface area (Å²) >= 11 is 0. The first-order valence-corrected chi connectivity index (χ1v) is 6.81. The third kappa shape index (κ3) is 6.36. The number of benzene rings is 1. The van der Waals surface area contributed by atoms with Gasteiger partial charge in [-0.1, -0.05) is 30.3 Å². The van der Waals surface area contributed by atoms with E-state index >= 15 is 0 Å². The molecule has 106 valence electrons. The van der Waals surface area contributed by atoms with Crippen molar-refractivity contribution in [2.75, 3.05) is 13.2 Å². The number of hydrogen-bond acceptors (Lipinski definition) is 3. The average molecular weight is 264 g/mol. The number of ether oxygens (including phenoxy) is 1. The zero-order valence-electron chi connectivity index (χ0n) is 11.8. The minimum absolute atomic E-state index is 0.129. The Balaban J connectivity index is 2.17. The number of hydrogen-bond donors (Lipinski definition) is 2. The highest BCUT2D eigenvalue weighted by molar-refractivity contribution is 5.82. The van der Waals surface area contributed by atoms with Crippen molar-refractivity contribution in [1.82, 2.24) is 5.32 Å². The lowest BCUT2D eigenvalue weighted by atomic mass is 10.1. The van der Waals surface area contributed by atoms with Crippen molar-refractivity contribution in [3.05, 3.63) is 35.9 Å². The van der Waals surface area contributed by atoms with E-state index in [2.05, 4.69) is 5.32 Å². The fraction of sp³-hybridized carbons (Fsp3) is 0.533. The van der Waals surface area contributed by atoms with E-state index in [1.165, 1.54) is 0 Å². The molecule has 0 aliphatic heterocycles. The van der Waals surface area contributed by atoms with E-state index in [-0.39, 0.29) is 12.0 Å². The Morgan fingerprint density at radius 1 is 1.26 bits per heavy atom. The molecule has 1 aromatic rings. The van der Waals surface area contributed by atoms with Crippen molar-refractivity contribution in [2.24, 2.45) is 5.73 Å². The van der Waals surface area contributed by atoms with Crippen LogP contribution in [0.5, 0.6) is 0 Å². The van der Waals surface area contributed by atoms with Crippen LogP contribution in [0.15, 0.2) is 30.3 Å². The molecule has 4 heteroatoms. The second-order valence-electron chi connectivity index (χ2n) is 4.81. The Kier molecular flexibility index (Phi) is 7.15. The summed E-state index contributed by atoms with van der Waals surface area (Å²) in [6.45, 7) is 5.40. The van der Waals surface area contributed by atoms with Gasteiger partial charge in [0.15, 0.2) is 0 Å². The van der Waals surface area contributed by atoms with Gasteiger partial charge in [-0.25, -0.2) is 0 Å². The largest absolute Gasteiger partial charge is 0.379 e. The Bertz CT molecular complexity index is 366. The second kappa shape index (κ2) is 8.67. The molecule has 1 atom stereocenters. The van der Waals surface area contributed by atoms with Crippen molar-refractivity contribution in [1.29, 1.82) is 0 Å². The van der Waals surface area contributed by atoms with Crippen LogP contribution in [0.4, 0.5) is 0 Å². The van der Waals surface area contributed by atoms with Crippen LogP contribution >= 0.6 is 0 Å². The molecular formula is C15H24N2O2. The molecule has 0 aliphatic rings. The molecule has 0 unspecified atom stereocenters. The number of nitrogens with two attached hydrogens (primary N) is 1. The molecule has 19 heavy (non-hydrogen) atoms. The highest BCUT2D eigenvalue weighted by Crippen LogP contribution is 2.09. The smallest absolute Gasteiger partial charge is 0.241 e. The van der Waals surface area contributed by atoms with Gasteiger partial charge in [0, 0.05) is 13.2 Å². The molecule has 0 saturated heterocycles. The van der Waals surface area contributed by atoms with E-state index in [1.807, 2.05) is 44.2 Å². The predicted octanol–water partition coefficient (Wildman–Crippen LogP) is 2.01. The number of amides is 1. The lowest BCUT2D eigenvalue weighted by molar-refractivity contribution is -0.122. The minimum atomic E-state index is -0.590. The molecule has 0 aliphatic carbocycles. The maximum atomic E-state index is 11.8. The van der Waals surface area contributed by atoms with Gasteiger partial charge in [0.1, 0.15) is 6.04 Å². The quantitative estimate of drug-likeness (QED) is 0.706. The third-order valence-electron chi connectivity index (χ3n) is 2.76. The molecule has 1 rings (SSSR count). The van der Waals surface area contributed by atoms with E-state index in [9.17, 15) is 4.79 Å². The summed E-state index contributed by atoms with van der Waals surface area (Å²) < 4.78 is 5.43. The molecule has 0 saturated carbocycles. The number of unbranched alkanes of at least 4 members (excludes halogenated alkanes) is 1. The van der Waals surface area contributed by atoms with Crippen LogP contribution in [-0.2, 0) is 9.53 Å². The van der Waals surface area contributed by atoms with E-state index in [0.717, 1.165) is 25.0 Å². The predicted molar refractivity (Wildman–Crippen MR) is 76.7 cm³/mol. The lowest BCUT2D eigenvalue weighted by Gasteiger charge is -2.12. The highest BCUT2D eigenvalue weighted by atomic mass is 16.5. The molecule has 0 spiro atoms. The van der Waals surface area contributed by atoms with E-state index in [4.69, 9.17) is 10.5 Å². The maximum Gasteiger partial charge on any atom is 0.241 e. The molecule has 4 nitrogen and oxygen atoms in total. The molecule has 3 N–H and O–H groups in total. The van der Waals surface area contributed by atoms with Gasteiger partial charge in [-0.3, -0.25) is 4.79 Å². The number of rotatable bonds is 8. The van der Waals surface area contributed by atoms with Crippen LogP contribution in [0, 0.1) is 0 Å². The van der Waals surface area contributed by atoms with Gasteiger partial charge < -0.3 is 15.8 Å². The minimum Gasteiger partial charge on any atom is -0.379 e. The van der Waals surface area contributed by atoms with Crippen LogP contribution in [0.1, 0.15) is 38.3 Å². The Labute approximate surface area is 115 Å². The maximum absolute atomic E-state index is 11.8. The fourth-order valence-electron chi connectivity index (χ4n) is 1.68. The lowest BCUT2D eigenvalue weighted by Crippen LogP contribution is -2.34. The molecule has 0 fully saturated rings. The Morgan fingerprint density at radius 3 is 2.58 bits per heavy atom. The molecule has 0 bridgehead atoms. The summed E-state index contributed by atoms with van der Waals surface area (Å²) in [7, 11) is 0. The van der Waals surface area contributed by atoms with E-state index < -0.39 is 6.04 Å². The highest BCUT2D eigenvalue weighted by Gasteiger charge is 2.14. The number of carbonyl (C=O) groups is 1. The van der Waals surface area contributed by atoms with E-state index in [0.29, 0.717) is 6.54 Å². The van der Waals surface area contributed by atoms with Crippen molar-refractivity contribution in [3.8, 4) is 0 Å². The SMILES string of the molecule is CC(C)OCCCCNC(=O)[C@@H](N)c1ccccc1.